The summed E-state index contributed by atoms with van der Waals surface area (Å²) in [6.45, 7) is 14.5. The van der Waals surface area contributed by atoms with Crippen molar-refractivity contribution in [3.63, 3.8) is 0 Å². The van der Waals surface area contributed by atoms with Crippen LogP contribution in [0, 0.1) is 11.3 Å². The van der Waals surface area contributed by atoms with Crippen LogP contribution in [0.15, 0.2) is 0 Å². The summed E-state index contributed by atoms with van der Waals surface area (Å²) in [5, 5.41) is 10.3. The van der Waals surface area contributed by atoms with Gasteiger partial charge in [0.05, 0.1) is 19.3 Å². The summed E-state index contributed by atoms with van der Waals surface area (Å²) in [4.78, 5) is 2.39. The Morgan fingerprint density at radius 1 is 1.10 bits per heavy atom. The average molecular weight is 301 g/mol. The van der Waals surface area contributed by atoms with Crippen LogP contribution in [0.5, 0.6) is 0 Å². The van der Waals surface area contributed by atoms with Gasteiger partial charge >= 0.3 is 0 Å². The largest absolute Gasteiger partial charge is 0.393 e. The quantitative estimate of drug-likeness (QED) is 0.630. The second-order valence-corrected chi connectivity index (χ2v) is 6.93. The monoisotopic (exact) mass is 301 g/mol. The van der Waals surface area contributed by atoms with Crippen LogP contribution < -0.4 is 0 Å². The van der Waals surface area contributed by atoms with Crippen molar-refractivity contribution in [1.82, 2.24) is 4.90 Å². The molecule has 0 aromatic heterocycles. The first-order chi connectivity index (χ1) is 9.98. The normalized spacial score (nSPS) is 25.4. The molecule has 1 saturated carbocycles. The Hall–Kier alpha value is -0.160. The number of aliphatic hydroxyl groups is 1. The molecule has 1 N–H and O–H groups in total. The highest BCUT2D eigenvalue weighted by atomic mass is 16.5. The summed E-state index contributed by atoms with van der Waals surface area (Å²) in [5.74, 6) is 0.372. The minimum Gasteiger partial charge on any atom is -0.393 e. The molecule has 126 valence electrons. The van der Waals surface area contributed by atoms with Gasteiger partial charge in [-0.15, -0.1) is 0 Å². The number of aliphatic hydroxyl groups excluding tert-OH is 1. The Morgan fingerprint density at radius 3 is 2.19 bits per heavy atom. The number of ether oxygens (including phenoxy) is 2. The fraction of sp³-hybridized carbons (Fsp3) is 1.00. The Balaban J connectivity index is 2.47. The van der Waals surface area contributed by atoms with E-state index in [2.05, 4.69) is 18.7 Å². The number of hydrogen-bond donors (Lipinski definition) is 1. The molecule has 1 aliphatic carbocycles. The molecule has 21 heavy (non-hydrogen) atoms. The standard InChI is InChI=1S/C17H35NO3/c1-5-20-11-9-18(10-12-21-6-2)14-15-13-17(3,4)8-7-16(15)19/h15-16,19H,5-14H2,1-4H3. The van der Waals surface area contributed by atoms with E-state index in [9.17, 15) is 5.11 Å². The molecular weight excluding hydrogens is 266 g/mol. The Morgan fingerprint density at radius 2 is 1.67 bits per heavy atom. The summed E-state index contributed by atoms with van der Waals surface area (Å²) in [5.41, 5.74) is 0.357. The smallest absolute Gasteiger partial charge is 0.0593 e. The van der Waals surface area contributed by atoms with Crippen molar-refractivity contribution in [2.75, 3.05) is 46.1 Å². The van der Waals surface area contributed by atoms with Crippen molar-refractivity contribution < 1.29 is 14.6 Å². The van der Waals surface area contributed by atoms with Crippen molar-refractivity contribution in [2.45, 2.75) is 53.1 Å². The van der Waals surface area contributed by atoms with E-state index in [1.54, 1.807) is 0 Å². The summed E-state index contributed by atoms with van der Waals surface area (Å²) < 4.78 is 11.0. The van der Waals surface area contributed by atoms with Crippen molar-refractivity contribution in [3.8, 4) is 0 Å². The predicted molar refractivity (Wildman–Crippen MR) is 86.6 cm³/mol. The van der Waals surface area contributed by atoms with Crippen LogP contribution in [0.3, 0.4) is 0 Å². The molecule has 0 radical (unpaired) electrons. The van der Waals surface area contributed by atoms with E-state index < -0.39 is 0 Å². The Bertz CT molecular complexity index is 261. The molecule has 2 atom stereocenters. The third-order valence-electron chi connectivity index (χ3n) is 4.48. The van der Waals surface area contributed by atoms with Crippen LogP contribution in [0.2, 0.25) is 0 Å². The van der Waals surface area contributed by atoms with Gasteiger partial charge in [0.1, 0.15) is 0 Å². The molecule has 0 bridgehead atoms. The number of rotatable bonds is 10. The van der Waals surface area contributed by atoms with Crippen molar-refractivity contribution in [1.29, 1.82) is 0 Å². The van der Waals surface area contributed by atoms with Crippen LogP contribution in [-0.2, 0) is 9.47 Å². The van der Waals surface area contributed by atoms with E-state index in [1.807, 2.05) is 13.8 Å². The molecule has 2 unspecified atom stereocenters. The lowest BCUT2D eigenvalue weighted by atomic mass is 9.70. The van der Waals surface area contributed by atoms with Crippen molar-refractivity contribution in [2.24, 2.45) is 11.3 Å². The van der Waals surface area contributed by atoms with Gasteiger partial charge in [0.15, 0.2) is 0 Å². The molecule has 0 amide bonds. The maximum Gasteiger partial charge on any atom is 0.0593 e. The van der Waals surface area contributed by atoms with Gasteiger partial charge in [-0.1, -0.05) is 13.8 Å². The van der Waals surface area contributed by atoms with Gasteiger partial charge in [-0.2, -0.15) is 0 Å². The first kappa shape index (κ1) is 18.9. The molecule has 4 nitrogen and oxygen atoms in total. The van der Waals surface area contributed by atoms with E-state index in [0.29, 0.717) is 11.3 Å². The maximum absolute atomic E-state index is 10.3. The van der Waals surface area contributed by atoms with Gasteiger partial charge in [-0.05, 0) is 44.4 Å². The molecular formula is C17H35NO3. The molecule has 1 aliphatic rings. The van der Waals surface area contributed by atoms with E-state index in [4.69, 9.17) is 9.47 Å². The summed E-state index contributed by atoms with van der Waals surface area (Å²) in [6, 6.07) is 0. The van der Waals surface area contributed by atoms with Crippen molar-refractivity contribution in [3.05, 3.63) is 0 Å². The third kappa shape index (κ3) is 7.59. The first-order valence-corrected chi connectivity index (χ1v) is 8.54. The minimum atomic E-state index is -0.153. The Kier molecular flexibility index (Phi) is 8.79. The number of nitrogens with zero attached hydrogens (tertiary/aromatic N) is 1. The fourth-order valence-corrected chi connectivity index (χ4v) is 3.21. The van der Waals surface area contributed by atoms with Crippen LogP contribution in [0.4, 0.5) is 0 Å². The molecule has 0 saturated heterocycles. The van der Waals surface area contributed by atoms with Crippen LogP contribution in [-0.4, -0.2) is 62.2 Å². The zero-order valence-corrected chi connectivity index (χ0v) is 14.4. The van der Waals surface area contributed by atoms with Gasteiger partial charge in [-0.3, -0.25) is 4.90 Å². The fourth-order valence-electron chi connectivity index (χ4n) is 3.21. The zero-order valence-electron chi connectivity index (χ0n) is 14.4. The van der Waals surface area contributed by atoms with E-state index in [1.165, 1.54) is 0 Å². The average Bonchev–Trinajstić information content (AvgIpc) is 2.43. The third-order valence-corrected chi connectivity index (χ3v) is 4.48. The summed E-state index contributed by atoms with van der Waals surface area (Å²) in [6.07, 6.45) is 3.01. The lowest BCUT2D eigenvalue weighted by molar-refractivity contribution is -0.00520. The molecule has 4 heteroatoms. The molecule has 0 aromatic rings. The minimum absolute atomic E-state index is 0.153. The molecule has 0 aliphatic heterocycles. The second-order valence-electron chi connectivity index (χ2n) is 6.93. The lowest BCUT2D eigenvalue weighted by Gasteiger charge is -2.40. The SMILES string of the molecule is CCOCCN(CCOCC)CC1CC(C)(C)CCC1O. The van der Waals surface area contributed by atoms with Gasteiger partial charge in [0, 0.05) is 32.8 Å². The summed E-state index contributed by atoms with van der Waals surface area (Å²) in [7, 11) is 0. The van der Waals surface area contributed by atoms with Crippen LogP contribution in [0.25, 0.3) is 0 Å². The van der Waals surface area contributed by atoms with Crippen LogP contribution >= 0.6 is 0 Å². The zero-order chi connectivity index (χ0) is 15.7. The lowest BCUT2D eigenvalue weighted by Crippen LogP contribution is -2.43. The molecule has 0 aromatic carbocycles. The van der Waals surface area contributed by atoms with Crippen molar-refractivity contribution >= 4 is 0 Å². The highest BCUT2D eigenvalue weighted by Crippen LogP contribution is 2.38. The highest BCUT2D eigenvalue weighted by molar-refractivity contribution is 4.86. The molecule has 1 rings (SSSR count). The van der Waals surface area contributed by atoms with Gasteiger partial charge in [0.2, 0.25) is 0 Å². The van der Waals surface area contributed by atoms with E-state index in [0.717, 1.165) is 65.3 Å². The maximum atomic E-state index is 10.3. The highest BCUT2D eigenvalue weighted by Gasteiger charge is 2.34. The first-order valence-electron chi connectivity index (χ1n) is 8.54. The van der Waals surface area contributed by atoms with Gasteiger partial charge < -0.3 is 14.6 Å². The Labute approximate surface area is 130 Å². The molecule has 0 spiro atoms. The van der Waals surface area contributed by atoms with E-state index in [-0.39, 0.29) is 6.10 Å². The van der Waals surface area contributed by atoms with Gasteiger partial charge in [0.25, 0.3) is 0 Å². The van der Waals surface area contributed by atoms with Gasteiger partial charge in [-0.25, -0.2) is 0 Å². The number of hydrogen-bond acceptors (Lipinski definition) is 4. The molecule has 0 heterocycles. The second kappa shape index (κ2) is 9.78. The summed E-state index contributed by atoms with van der Waals surface area (Å²) >= 11 is 0. The molecule has 1 fully saturated rings. The van der Waals surface area contributed by atoms with Crippen LogP contribution in [0.1, 0.15) is 47.0 Å². The predicted octanol–water partition coefficient (Wildman–Crippen LogP) is 2.55. The topological polar surface area (TPSA) is 41.9 Å². The van der Waals surface area contributed by atoms with E-state index >= 15 is 0 Å².